The largest absolute Gasteiger partial charge is 0.380 e. The third-order valence-electron chi connectivity index (χ3n) is 2.65. The molecule has 18 heavy (non-hydrogen) atoms. The number of hydrogen-bond acceptors (Lipinski definition) is 4. The molecule has 0 saturated heterocycles. The number of ether oxygens (including phenoxy) is 1. The Morgan fingerprint density at radius 3 is 2.72 bits per heavy atom. The lowest BCUT2D eigenvalue weighted by Gasteiger charge is -2.20. The molecule has 5 heteroatoms. The Bertz CT molecular complexity index is 365. The van der Waals surface area contributed by atoms with Gasteiger partial charge in [0.1, 0.15) is 5.82 Å². The molecule has 0 unspecified atom stereocenters. The van der Waals surface area contributed by atoms with E-state index in [4.69, 9.17) is 4.74 Å². The van der Waals surface area contributed by atoms with Crippen molar-refractivity contribution >= 4 is 11.7 Å². The zero-order chi connectivity index (χ0) is 13.4. The minimum Gasteiger partial charge on any atom is -0.380 e. The molecule has 0 aliphatic carbocycles. The van der Waals surface area contributed by atoms with Gasteiger partial charge in [0.2, 0.25) is 0 Å². The second-order valence-corrected chi connectivity index (χ2v) is 3.76. The van der Waals surface area contributed by atoms with Gasteiger partial charge in [0.15, 0.2) is 0 Å². The van der Waals surface area contributed by atoms with Gasteiger partial charge in [-0.3, -0.25) is 4.79 Å². The highest BCUT2D eigenvalue weighted by atomic mass is 16.5. The topological polar surface area (TPSA) is 54.5 Å². The summed E-state index contributed by atoms with van der Waals surface area (Å²) in [5.74, 6) is 0.747. The minimum absolute atomic E-state index is 0.00708. The molecule has 5 nitrogen and oxygen atoms in total. The van der Waals surface area contributed by atoms with Gasteiger partial charge in [0.25, 0.3) is 5.91 Å². The van der Waals surface area contributed by atoms with Crippen molar-refractivity contribution in [1.29, 1.82) is 0 Å². The van der Waals surface area contributed by atoms with E-state index in [-0.39, 0.29) is 5.91 Å². The van der Waals surface area contributed by atoms with E-state index in [0.717, 1.165) is 5.82 Å². The summed E-state index contributed by atoms with van der Waals surface area (Å²) in [6.45, 7) is 6.41. The Morgan fingerprint density at radius 1 is 1.44 bits per heavy atom. The molecule has 0 radical (unpaired) electrons. The van der Waals surface area contributed by atoms with E-state index in [0.29, 0.717) is 31.9 Å². The van der Waals surface area contributed by atoms with Gasteiger partial charge in [-0.15, -0.1) is 0 Å². The Kier molecular flexibility index (Phi) is 6.14. The maximum atomic E-state index is 12.2. The molecular formula is C13H21N3O2. The normalized spacial score (nSPS) is 10.2. The van der Waals surface area contributed by atoms with Crippen LogP contribution in [0.3, 0.4) is 0 Å². The zero-order valence-electron chi connectivity index (χ0n) is 11.3. The van der Waals surface area contributed by atoms with Gasteiger partial charge in [-0.05, 0) is 26.0 Å². The molecule has 1 rings (SSSR count). The van der Waals surface area contributed by atoms with Crippen LogP contribution in [0.5, 0.6) is 0 Å². The first kappa shape index (κ1) is 14.4. The van der Waals surface area contributed by atoms with Crippen LogP contribution in [0.4, 0.5) is 5.82 Å². The van der Waals surface area contributed by atoms with Crippen molar-refractivity contribution in [3.05, 3.63) is 23.9 Å². The lowest BCUT2D eigenvalue weighted by Crippen LogP contribution is -2.33. The summed E-state index contributed by atoms with van der Waals surface area (Å²) < 4.78 is 5.27. The number of nitrogens with one attached hydrogen (secondary N) is 1. The summed E-state index contributed by atoms with van der Waals surface area (Å²) in [7, 11) is 1.80. The molecule has 0 aliphatic rings. The molecule has 100 valence electrons. The Labute approximate surface area is 108 Å². The van der Waals surface area contributed by atoms with Gasteiger partial charge in [-0.1, -0.05) is 0 Å². The maximum Gasteiger partial charge on any atom is 0.255 e. The predicted octanol–water partition coefficient (Wildman–Crippen LogP) is 1.62. The fraction of sp³-hybridized carbons (Fsp3) is 0.538. The zero-order valence-corrected chi connectivity index (χ0v) is 11.3. The molecule has 0 fully saturated rings. The highest BCUT2D eigenvalue weighted by Gasteiger charge is 2.13. The monoisotopic (exact) mass is 251 g/mol. The van der Waals surface area contributed by atoms with Crippen molar-refractivity contribution in [2.45, 2.75) is 13.8 Å². The van der Waals surface area contributed by atoms with Crippen LogP contribution >= 0.6 is 0 Å². The molecule has 1 N–H and O–H groups in total. The highest BCUT2D eigenvalue weighted by Crippen LogP contribution is 2.07. The summed E-state index contributed by atoms with van der Waals surface area (Å²) in [5, 5.41) is 2.92. The fourth-order valence-electron chi connectivity index (χ4n) is 1.57. The number of pyridine rings is 1. The predicted molar refractivity (Wildman–Crippen MR) is 71.9 cm³/mol. The lowest BCUT2D eigenvalue weighted by molar-refractivity contribution is 0.0669. The molecule has 1 aromatic rings. The van der Waals surface area contributed by atoms with Crippen LogP contribution < -0.4 is 5.32 Å². The van der Waals surface area contributed by atoms with Crippen LogP contribution in [0.25, 0.3) is 0 Å². The van der Waals surface area contributed by atoms with Crippen LogP contribution in [-0.2, 0) is 4.74 Å². The smallest absolute Gasteiger partial charge is 0.255 e. The number of carbonyl (C=O) groups excluding carboxylic acids is 1. The van der Waals surface area contributed by atoms with Crippen LogP contribution in [0.15, 0.2) is 18.3 Å². The molecule has 1 amide bonds. The third-order valence-corrected chi connectivity index (χ3v) is 2.65. The highest BCUT2D eigenvalue weighted by molar-refractivity contribution is 5.94. The number of hydrogen-bond donors (Lipinski definition) is 1. The second-order valence-electron chi connectivity index (χ2n) is 3.76. The standard InChI is InChI=1S/C13H21N3O2/c1-4-16(8-9-18-5-2)13(17)11-6-7-12(14-3)15-10-11/h6-7,10H,4-5,8-9H2,1-3H3,(H,14,15). The average molecular weight is 251 g/mol. The molecule has 0 aliphatic heterocycles. The number of rotatable bonds is 7. The van der Waals surface area contributed by atoms with Crippen LogP contribution in [-0.4, -0.2) is 49.1 Å². The molecule has 0 aromatic carbocycles. The third kappa shape index (κ3) is 4.00. The maximum absolute atomic E-state index is 12.2. The number of amides is 1. The molecule has 1 aromatic heterocycles. The Hall–Kier alpha value is -1.62. The summed E-state index contributed by atoms with van der Waals surface area (Å²) >= 11 is 0. The van der Waals surface area contributed by atoms with Gasteiger partial charge in [-0.2, -0.15) is 0 Å². The number of nitrogens with zero attached hydrogens (tertiary/aromatic N) is 2. The van der Waals surface area contributed by atoms with E-state index in [1.807, 2.05) is 13.8 Å². The van der Waals surface area contributed by atoms with E-state index in [1.165, 1.54) is 0 Å². The van der Waals surface area contributed by atoms with Crippen molar-refractivity contribution in [3.8, 4) is 0 Å². The summed E-state index contributed by atoms with van der Waals surface area (Å²) in [5.41, 5.74) is 0.604. The number of anilines is 1. The average Bonchev–Trinajstić information content (AvgIpc) is 2.43. The van der Waals surface area contributed by atoms with Crippen molar-refractivity contribution < 1.29 is 9.53 Å². The number of carbonyl (C=O) groups is 1. The van der Waals surface area contributed by atoms with Crippen LogP contribution in [0, 0.1) is 0 Å². The SMILES string of the molecule is CCOCCN(CC)C(=O)c1ccc(NC)nc1. The first-order valence-corrected chi connectivity index (χ1v) is 6.23. The Morgan fingerprint density at radius 2 is 2.22 bits per heavy atom. The molecule has 0 spiro atoms. The minimum atomic E-state index is -0.00708. The molecule has 1 heterocycles. The van der Waals surface area contributed by atoms with Gasteiger partial charge in [-0.25, -0.2) is 4.98 Å². The van der Waals surface area contributed by atoms with Crippen molar-refractivity contribution in [3.63, 3.8) is 0 Å². The summed E-state index contributed by atoms with van der Waals surface area (Å²) in [6, 6.07) is 3.58. The van der Waals surface area contributed by atoms with Crippen LogP contribution in [0.1, 0.15) is 24.2 Å². The lowest BCUT2D eigenvalue weighted by atomic mass is 10.2. The van der Waals surface area contributed by atoms with Crippen molar-refractivity contribution in [1.82, 2.24) is 9.88 Å². The number of likely N-dealkylation sites (N-methyl/N-ethyl adjacent to an activating group) is 1. The second kappa shape index (κ2) is 7.66. The first-order valence-electron chi connectivity index (χ1n) is 6.23. The number of aromatic nitrogens is 1. The van der Waals surface area contributed by atoms with E-state index in [9.17, 15) is 4.79 Å². The molecule has 0 atom stereocenters. The molecule has 0 saturated carbocycles. The van der Waals surface area contributed by atoms with Gasteiger partial charge in [0.05, 0.1) is 12.2 Å². The quantitative estimate of drug-likeness (QED) is 0.748. The van der Waals surface area contributed by atoms with Crippen molar-refractivity contribution in [2.75, 3.05) is 38.7 Å². The van der Waals surface area contributed by atoms with Crippen molar-refractivity contribution in [2.24, 2.45) is 0 Å². The van der Waals surface area contributed by atoms with Gasteiger partial charge in [0, 0.05) is 32.9 Å². The van der Waals surface area contributed by atoms with E-state index in [1.54, 1.807) is 30.3 Å². The van der Waals surface area contributed by atoms with Crippen LogP contribution in [0.2, 0.25) is 0 Å². The first-order chi connectivity index (χ1) is 8.72. The molecular weight excluding hydrogens is 230 g/mol. The Balaban J connectivity index is 2.64. The van der Waals surface area contributed by atoms with Gasteiger partial charge >= 0.3 is 0 Å². The van der Waals surface area contributed by atoms with E-state index in [2.05, 4.69) is 10.3 Å². The summed E-state index contributed by atoms with van der Waals surface area (Å²) in [4.78, 5) is 18.1. The van der Waals surface area contributed by atoms with E-state index >= 15 is 0 Å². The summed E-state index contributed by atoms with van der Waals surface area (Å²) in [6.07, 6.45) is 1.59. The van der Waals surface area contributed by atoms with Gasteiger partial charge < -0.3 is 15.0 Å². The fourth-order valence-corrected chi connectivity index (χ4v) is 1.57. The molecule has 0 bridgehead atoms. The van der Waals surface area contributed by atoms with E-state index < -0.39 is 0 Å².